The fourth-order valence-corrected chi connectivity index (χ4v) is 3.54. The van der Waals surface area contributed by atoms with E-state index in [1.165, 1.54) is 7.11 Å². The van der Waals surface area contributed by atoms with Gasteiger partial charge >= 0.3 is 5.97 Å². The van der Waals surface area contributed by atoms with Crippen molar-refractivity contribution >= 4 is 40.2 Å². The first-order chi connectivity index (χ1) is 12.9. The molecule has 3 heterocycles. The topological polar surface area (TPSA) is 180 Å². The number of aliphatic carboxylic acids is 1. The summed E-state index contributed by atoms with van der Waals surface area (Å²) < 4.78 is 3.89. The molecule has 1 saturated heterocycles. The van der Waals surface area contributed by atoms with Crippen molar-refractivity contribution in [1.29, 1.82) is 0 Å². The van der Waals surface area contributed by atoms with E-state index in [9.17, 15) is 24.6 Å². The van der Waals surface area contributed by atoms with Crippen LogP contribution in [0.15, 0.2) is 16.4 Å². The van der Waals surface area contributed by atoms with E-state index >= 15 is 0 Å². The van der Waals surface area contributed by atoms with Crippen molar-refractivity contribution in [2.24, 2.45) is 5.16 Å². The molecule has 1 fully saturated rings. The normalized spacial score (nSPS) is 22.2. The number of carbonyl (C=O) groups is 3. The number of oxime groups is 1. The average molecular weight is 396 g/mol. The second-order valence-electron chi connectivity index (χ2n) is 5.76. The zero-order valence-corrected chi connectivity index (χ0v) is 14.9. The quantitative estimate of drug-likeness (QED) is 0.247. The third kappa shape index (κ3) is 3.21. The Morgan fingerprint density at radius 2 is 2.26 bits per heavy atom. The minimum Gasteiger partial charge on any atom is -0.477 e. The predicted molar refractivity (Wildman–Crippen MR) is 91.4 cm³/mol. The molecule has 5 N–H and O–H groups in total. The highest BCUT2D eigenvalue weighted by molar-refractivity contribution is 7.09. The largest absolute Gasteiger partial charge is 0.477 e. The number of aromatic nitrogens is 2. The molecule has 0 aromatic carbocycles. The summed E-state index contributed by atoms with van der Waals surface area (Å²) in [4.78, 5) is 46.0. The number of anilines is 1. The van der Waals surface area contributed by atoms with E-state index in [2.05, 4.69) is 24.7 Å². The number of β-lactam (4-membered cyclic amide) rings is 1. The Morgan fingerprint density at radius 1 is 1.52 bits per heavy atom. The van der Waals surface area contributed by atoms with Crippen molar-refractivity contribution in [3.8, 4) is 0 Å². The number of aliphatic hydroxyl groups excluding tert-OH is 1. The van der Waals surface area contributed by atoms with Crippen molar-refractivity contribution in [1.82, 2.24) is 19.6 Å². The van der Waals surface area contributed by atoms with Gasteiger partial charge in [0.1, 0.15) is 18.8 Å². The lowest BCUT2D eigenvalue weighted by Crippen LogP contribution is -2.72. The molecule has 2 amide bonds. The van der Waals surface area contributed by atoms with Crippen LogP contribution in [0.2, 0.25) is 0 Å². The number of nitrogens with two attached hydrogens (primary N) is 1. The lowest BCUT2D eigenvalue weighted by molar-refractivity contribution is -0.155. The van der Waals surface area contributed by atoms with E-state index < -0.39 is 36.5 Å². The van der Waals surface area contributed by atoms with Crippen LogP contribution in [0.1, 0.15) is 18.7 Å². The van der Waals surface area contributed by atoms with E-state index in [4.69, 9.17) is 5.73 Å². The number of hydrogen-bond donors (Lipinski definition) is 4. The summed E-state index contributed by atoms with van der Waals surface area (Å²) in [5.74, 6) is -2.68. The van der Waals surface area contributed by atoms with Crippen molar-refractivity contribution < 1.29 is 29.4 Å². The van der Waals surface area contributed by atoms with Gasteiger partial charge in [0.15, 0.2) is 5.13 Å². The van der Waals surface area contributed by atoms with Crippen LogP contribution in [0.3, 0.4) is 0 Å². The van der Waals surface area contributed by atoms with E-state index in [1.54, 1.807) is 0 Å². The third-order valence-corrected chi connectivity index (χ3v) is 4.81. The van der Waals surface area contributed by atoms with Crippen LogP contribution in [0.4, 0.5) is 5.13 Å². The number of fused-ring (bicyclic) bond motifs is 1. The SMILES string of the molecule is CO/N=C(/C(=O)N[C@@H]1C(=O)N2C(C(=O)O)=C(CO)CCC12)c1nsc(N)n1. The van der Waals surface area contributed by atoms with Gasteiger partial charge in [0.05, 0.1) is 12.6 Å². The number of nitrogens with zero attached hydrogens (tertiary/aromatic N) is 4. The summed E-state index contributed by atoms with van der Waals surface area (Å²) in [6.45, 7) is -0.448. The zero-order valence-electron chi connectivity index (χ0n) is 14.1. The molecule has 144 valence electrons. The third-order valence-electron chi connectivity index (χ3n) is 4.27. The van der Waals surface area contributed by atoms with Crippen LogP contribution in [-0.4, -0.2) is 73.8 Å². The van der Waals surface area contributed by atoms with Gasteiger partial charge in [-0.2, -0.15) is 9.36 Å². The van der Waals surface area contributed by atoms with Gasteiger partial charge in [-0.1, -0.05) is 5.16 Å². The van der Waals surface area contributed by atoms with Gasteiger partial charge in [-0.15, -0.1) is 0 Å². The first-order valence-electron chi connectivity index (χ1n) is 7.79. The second-order valence-corrected chi connectivity index (χ2v) is 6.54. The summed E-state index contributed by atoms with van der Waals surface area (Å²) in [6, 6.07) is -1.45. The Bertz CT molecular complexity index is 864. The highest BCUT2D eigenvalue weighted by Gasteiger charge is 2.53. The molecule has 0 bridgehead atoms. The number of hydrogen-bond acceptors (Lipinski definition) is 10. The summed E-state index contributed by atoms with van der Waals surface area (Å²) in [7, 11) is 1.24. The van der Waals surface area contributed by atoms with Crippen LogP contribution in [-0.2, 0) is 19.2 Å². The Kier molecular flexibility index (Phi) is 5.05. The Morgan fingerprint density at radius 3 is 2.81 bits per heavy atom. The number of aliphatic hydroxyl groups is 1. The van der Waals surface area contributed by atoms with Gasteiger partial charge in [-0.25, -0.2) is 4.79 Å². The molecular formula is C14H16N6O6S. The first kappa shape index (κ1) is 18.7. The molecule has 2 atom stereocenters. The lowest BCUT2D eigenvalue weighted by Gasteiger charge is -2.50. The van der Waals surface area contributed by atoms with Crippen LogP contribution < -0.4 is 11.1 Å². The van der Waals surface area contributed by atoms with Gasteiger partial charge in [-0.05, 0) is 18.4 Å². The minimum absolute atomic E-state index is 0.0437. The Labute approximate surface area is 156 Å². The molecule has 3 rings (SSSR count). The maximum absolute atomic E-state index is 12.5. The molecule has 13 heteroatoms. The summed E-state index contributed by atoms with van der Waals surface area (Å²) >= 11 is 0.870. The standard InChI is InChI=1S/C14H16N6O6S/c1-26-18-8(10-17-14(15)27-19-10)11(22)16-7-6-3-2-5(4-21)9(13(24)25)20(6)12(7)23/h6-7,21H,2-4H2,1H3,(H,16,22)(H,24,25)(H2,15,17,19)/b18-8+/t6?,7-/m0/s1. The van der Waals surface area contributed by atoms with E-state index in [0.717, 1.165) is 16.4 Å². The minimum atomic E-state index is -1.30. The highest BCUT2D eigenvalue weighted by Crippen LogP contribution is 2.36. The number of carboxylic acids is 1. The van der Waals surface area contributed by atoms with E-state index in [0.29, 0.717) is 12.8 Å². The first-order valence-corrected chi connectivity index (χ1v) is 8.57. The summed E-state index contributed by atoms with van der Waals surface area (Å²) in [6.07, 6.45) is 0.712. The van der Waals surface area contributed by atoms with Crippen LogP contribution in [0, 0.1) is 0 Å². The number of amides is 2. The summed E-state index contributed by atoms with van der Waals surface area (Å²) in [5.41, 5.74) is 5.30. The molecule has 0 saturated carbocycles. The zero-order chi connectivity index (χ0) is 19.7. The van der Waals surface area contributed by atoms with Gasteiger partial charge in [0, 0.05) is 11.5 Å². The molecule has 0 spiro atoms. The Hall–Kier alpha value is -3.06. The molecule has 1 aromatic rings. The molecule has 1 unspecified atom stereocenters. The molecule has 12 nitrogen and oxygen atoms in total. The number of carboxylic acid groups (broad SMARTS) is 1. The monoisotopic (exact) mass is 396 g/mol. The van der Waals surface area contributed by atoms with Crippen LogP contribution in [0.25, 0.3) is 0 Å². The molecular weight excluding hydrogens is 380 g/mol. The van der Waals surface area contributed by atoms with Crippen molar-refractivity contribution in [2.45, 2.75) is 24.9 Å². The fourth-order valence-electron chi connectivity index (χ4n) is 3.11. The highest BCUT2D eigenvalue weighted by atomic mass is 32.1. The van der Waals surface area contributed by atoms with E-state index in [-0.39, 0.29) is 27.9 Å². The maximum atomic E-state index is 12.5. The smallest absolute Gasteiger partial charge is 0.352 e. The molecule has 2 aliphatic heterocycles. The average Bonchev–Trinajstić information content (AvgIpc) is 3.08. The number of rotatable bonds is 6. The van der Waals surface area contributed by atoms with Crippen LogP contribution in [0.5, 0.6) is 0 Å². The fraction of sp³-hybridized carbons (Fsp3) is 0.429. The predicted octanol–water partition coefficient (Wildman–Crippen LogP) is -1.71. The van der Waals surface area contributed by atoms with Gasteiger partial charge in [0.2, 0.25) is 11.5 Å². The number of nitrogen functional groups attached to an aromatic ring is 1. The van der Waals surface area contributed by atoms with Crippen LogP contribution >= 0.6 is 11.5 Å². The number of carbonyl (C=O) groups excluding carboxylic acids is 2. The van der Waals surface area contributed by atoms with Gasteiger partial charge in [-0.3, -0.25) is 14.5 Å². The Balaban J connectivity index is 1.79. The van der Waals surface area contributed by atoms with Gasteiger partial charge < -0.3 is 26.1 Å². The molecule has 27 heavy (non-hydrogen) atoms. The molecule has 0 aliphatic carbocycles. The maximum Gasteiger partial charge on any atom is 0.352 e. The van der Waals surface area contributed by atoms with Gasteiger partial charge in [0.25, 0.3) is 11.8 Å². The molecule has 2 aliphatic rings. The van der Waals surface area contributed by atoms with Crippen molar-refractivity contribution in [3.63, 3.8) is 0 Å². The van der Waals surface area contributed by atoms with Crippen molar-refractivity contribution in [3.05, 3.63) is 17.1 Å². The second kappa shape index (κ2) is 7.28. The number of nitrogens with one attached hydrogen (secondary N) is 1. The summed E-state index contributed by atoms with van der Waals surface area (Å²) in [5, 5.41) is 24.9. The van der Waals surface area contributed by atoms with Crippen molar-refractivity contribution in [2.75, 3.05) is 19.5 Å². The molecule has 0 radical (unpaired) electrons. The lowest BCUT2D eigenvalue weighted by atomic mass is 9.83. The molecule has 1 aromatic heterocycles. The van der Waals surface area contributed by atoms with E-state index in [1.807, 2.05) is 0 Å².